The number of halogens is 2. The lowest BCUT2D eigenvalue weighted by atomic mass is 10.2. The van der Waals surface area contributed by atoms with E-state index in [1.54, 1.807) is 29.1 Å². The summed E-state index contributed by atoms with van der Waals surface area (Å²) in [4.78, 5) is 0. The number of alkyl halides is 2. The fourth-order valence-corrected chi connectivity index (χ4v) is 3.21. The Bertz CT molecular complexity index is 1180. The molecule has 1 saturated carbocycles. The normalized spacial score (nSPS) is 13.7. The van der Waals surface area contributed by atoms with E-state index < -0.39 is 6.43 Å². The molecule has 158 valence electrons. The van der Waals surface area contributed by atoms with Gasteiger partial charge >= 0.3 is 0 Å². The van der Waals surface area contributed by atoms with Crippen LogP contribution < -0.4 is 4.74 Å². The van der Waals surface area contributed by atoms with Crippen LogP contribution in [0.15, 0.2) is 48.8 Å². The minimum atomic E-state index is -2.51. The SMILES string of the molecule is Cc1nnn(-c2ccc(C(F)F)cc2)c1COc1ccc(-c2cnn(C3CC3)c2)nn1. The van der Waals surface area contributed by atoms with Gasteiger partial charge in [0.15, 0.2) is 0 Å². The molecule has 1 aromatic carbocycles. The third kappa shape index (κ3) is 4.00. The van der Waals surface area contributed by atoms with Crippen LogP contribution in [0.2, 0.25) is 0 Å². The van der Waals surface area contributed by atoms with Gasteiger partial charge in [-0.25, -0.2) is 13.5 Å². The van der Waals surface area contributed by atoms with E-state index in [1.807, 2.05) is 23.9 Å². The summed E-state index contributed by atoms with van der Waals surface area (Å²) in [5.41, 5.74) is 3.59. The number of rotatable bonds is 7. The fraction of sp³-hybridized carbons (Fsp3) is 0.286. The highest BCUT2D eigenvalue weighted by Gasteiger charge is 2.24. The minimum absolute atomic E-state index is 0.0450. The largest absolute Gasteiger partial charge is 0.470 e. The first-order chi connectivity index (χ1) is 15.1. The highest BCUT2D eigenvalue weighted by atomic mass is 19.3. The third-order valence-electron chi connectivity index (χ3n) is 5.16. The number of ether oxygens (including phenoxy) is 1. The van der Waals surface area contributed by atoms with Crippen molar-refractivity contribution in [2.45, 2.75) is 38.8 Å². The lowest BCUT2D eigenvalue weighted by Gasteiger charge is -2.09. The predicted octanol–water partition coefficient (Wildman–Crippen LogP) is 4.08. The molecule has 5 rings (SSSR count). The number of hydrogen-bond donors (Lipinski definition) is 0. The van der Waals surface area contributed by atoms with Gasteiger partial charge < -0.3 is 4.74 Å². The van der Waals surface area contributed by atoms with E-state index in [-0.39, 0.29) is 12.2 Å². The molecular weight excluding hydrogens is 404 g/mol. The Morgan fingerprint density at radius 1 is 1.06 bits per heavy atom. The number of nitrogens with zero attached hydrogens (tertiary/aromatic N) is 7. The van der Waals surface area contributed by atoms with Crippen LogP contribution in [0.3, 0.4) is 0 Å². The quantitative estimate of drug-likeness (QED) is 0.445. The van der Waals surface area contributed by atoms with Gasteiger partial charge in [-0.15, -0.1) is 15.3 Å². The summed E-state index contributed by atoms with van der Waals surface area (Å²) in [5, 5.41) is 20.9. The first kappa shape index (κ1) is 19.3. The molecule has 4 aromatic rings. The van der Waals surface area contributed by atoms with Gasteiger partial charge in [0.1, 0.15) is 12.3 Å². The van der Waals surface area contributed by atoms with Crippen molar-refractivity contribution in [3.8, 4) is 22.8 Å². The van der Waals surface area contributed by atoms with Gasteiger partial charge in [0, 0.05) is 23.4 Å². The molecule has 0 bridgehead atoms. The minimum Gasteiger partial charge on any atom is -0.470 e. The first-order valence-electron chi connectivity index (χ1n) is 9.89. The van der Waals surface area contributed by atoms with E-state index in [4.69, 9.17) is 4.74 Å². The Kier molecular flexibility index (Phi) is 4.89. The van der Waals surface area contributed by atoms with Gasteiger partial charge in [-0.2, -0.15) is 5.10 Å². The zero-order chi connectivity index (χ0) is 21.4. The molecule has 3 heterocycles. The second kappa shape index (κ2) is 7.86. The Morgan fingerprint density at radius 3 is 2.55 bits per heavy atom. The number of aryl methyl sites for hydroxylation is 1. The maximum atomic E-state index is 12.8. The topological polar surface area (TPSA) is 83.5 Å². The van der Waals surface area contributed by atoms with Crippen molar-refractivity contribution >= 4 is 0 Å². The Balaban J connectivity index is 1.29. The van der Waals surface area contributed by atoms with E-state index in [9.17, 15) is 8.78 Å². The van der Waals surface area contributed by atoms with Gasteiger partial charge in [0.05, 0.1) is 29.3 Å². The maximum absolute atomic E-state index is 12.8. The molecule has 1 aliphatic rings. The molecular formula is C21H19F2N7O. The van der Waals surface area contributed by atoms with E-state index >= 15 is 0 Å². The summed E-state index contributed by atoms with van der Waals surface area (Å²) in [6, 6.07) is 10.00. The van der Waals surface area contributed by atoms with Crippen molar-refractivity contribution < 1.29 is 13.5 Å². The summed E-state index contributed by atoms with van der Waals surface area (Å²) in [7, 11) is 0. The average Bonchev–Trinajstić information content (AvgIpc) is 3.40. The Morgan fingerprint density at radius 2 is 1.87 bits per heavy atom. The molecule has 1 aliphatic carbocycles. The van der Waals surface area contributed by atoms with Crippen molar-refractivity contribution in [1.82, 2.24) is 35.0 Å². The number of hydrogen-bond acceptors (Lipinski definition) is 6. The van der Waals surface area contributed by atoms with Crippen molar-refractivity contribution in [1.29, 1.82) is 0 Å². The monoisotopic (exact) mass is 423 g/mol. The molecule has 10 heteroatoms. The summed E-state index contributed by atoms with van der Waals surface area (Å²) >= 11 is 0. The first-order valence-corrected chi connectivity index (χ1v) is 9.89. The third-order valence-corrected chi connectivity index (χ3v) is 5.16. The van der Waals surface area contributed by atoms with Crippen molar-refractivity contribution in [2.75, 3.05) is 0 Å². The van der Waals surface area contributed by atoms with E-state index in [0.717, 1.165) is 11.3 Å². The van der Waals surface area contributed by atoms with Gasteiger partial charge in [-0.05, 0) is 38.0 Å². The van der Waals surface area contributed by atoms with Crippen LogP contribution in [0.1, 0.15) is 42.3 Å². The number of aromatic nitrogens is 7. The van der Waals surface area contributed by atoms with Gasteiger partial charge in [-0.3, -0.25) is 4.68 Å². The second-order valence-corrected chi connectivity index (χ2v) is 7.41. The molecule has 31 heavy (non-hydrogen) atoms. The van der Waals surface area contributed by atoms with E-state index in [0.29, 0.717) is 29.0 Å². The number of benzene rings is 1. The smallest absolute Gasteiger partial charge is 0.263 e. The highest BCUT2D eigenvalue weighted by Crippen LogP contribution is 2.35. The van der Waals surface area contributed by atoms with Crippen molar-refractivity contribution in [3.63, 3.8) is 0 Å². The van der Waals surface area contributed by atoms with Crippen LogP contribution >= 0.6 is 0 Å². The van der Waals surface area contributed by atoms with Crippen LogP contribution in [0, 0.1) is 6.92 Å². The van der Waals surface area contributed by atoms with Crippen LogP contribution in [0.5, 0.6) is 5.88 Å². The van der Waals surface area contributed by atoms with Crippen LogP contribution in [-0.4, -0.2) is 35.0 Å². The summed E-state index contributed by atoms with van der Waals surface area (Å²) < 4.78 is 34.9. The van der Waals surface area contributed by atoms with Crippen molar-refractivity contribution in [2.24, 2.45) is 0 Å². The fourth-order valence-electron chi connectivity index (χ4n) is 3.21. The summed E-state index contributed by atoms with van der Waals surface area (Å²) in [6.45, 7) is 1.96. The molecule has 0 spiro atoms. The molecule has 0 aliphatic heterocycles. The molecule has 8 nitrogen and oxygen atoms in total. The van der Waals surface area contributed by atoms with E-state index in [1.165, 1.54) is 25.0 Å². The van der Waals surface area contributed by atoms with Crippen LogP contribution in [-0.2, 0) is 6.61 Å². The average molecular weight is 423 g/mol. The van der Waals surface area contributed by atoms with Crippen molar-refractivity contribution in [3.05, 3.63) is 65.7 Å². The molecule has 0 radical (unpaired) electrons. The predicted molar refractivity (Wildman–Crippen MR) is 107 cm³/mol. The highest BCUT2D eigenvalue weighted by molar-refractivity contribution is 5.56. The van der Waals surface area contributed by atoms with Gasteiger partial charge in [-0.1, -0.05) is 17.3 Å². The lowest BCUT2D eigenvalue weighted by Crippen LogP contribution is -2.08. The Hall–Kier alpha value is -3.69. The Labute approximate surface area is 176 Å². The molecule has 0 N–H and O–H groups in total. The van der Waals surface area contributed by atoms with Crippen LogP contribution in [0.25, 0.3) is 16.9 Å². The van der Waals surface area contributed by atoms with E-state index in [2.05, 4.69) is 25.6 Å². The summed E-state index contributed by atoms with van der Waals surface area (Å²) in [5.74, 6) is 0.360. The van der Waals surface area contributed by atoms with Gasteiger partial charge in [0.25, 0.3) is 6.43 Å². The second-order valence-electron chi connectivity index (χ2n) is 7.41. The maximum Gasteiger partial charge on any atom is 0.263 e. The molecule has 0 unspecified atom stereocenters. The van der Waals surface area contributed by atoms with Gasteiger partial charge in [0.2, 0.25) is 5.88 Å². The standard InChI is InChI=1S/C21H19F2N7O/c1-13-19(30(28-25-13)17-4-2-14(3-5-17)21(22)23)12-31-20-9-8-18(26-27-20)15-10-24-29(11-15)16-6-7-16/h2-5,8-11,16,21H,6-7,12H2,1H3. The molecule has 3 aromatic heterocycles. The molecule has 0 atom stereocenters. The molecule has 0 amide bonds. The molecule has 1 fully saturated rings. The molecule has 0 saturated heterocycles. The zero-order valence-corrected chi connectivity index (χ0v) is 16.7. The zero-order valence-electron chi connectivity index (χ0n) is 16.7. The lowest BCUT2D eigenvalue weighted by molar-refractivity contribution is 0.151. The van der Waals surface area contributed by atoms with Crippen LogP contribution in [0.4, 0.5) is 8.78 Å². The summed E-state index contributed by atoms with van der Waals surface area (Å²) in [6.07, 6.45) is 3.59.